The molecule has 1 saturated heterocycles. The summed E-state index contributed by atoms with van der Waals surface area (Å²) in [5.41, 5.74) is 5.44. The first-order valence-electron chi connectivity index (χ1n) is 7.45. The zero-order valence-corrected chi connectivity index (χ0v) is 12.6. The molecule has 1 heterocycles. The summed E-state index contributed by atoms with van der Waals surface area (Å²) in [5, 5.41) is 8.72. The number of carbonyl (C=O) groups is 2. The first-order valence-corrected chi connectivity index (χ1v) is 8.60. The number of carboxylic acid groups (broad SMARTS) is 1. The molecule has 1 aliphatic heterocycles. The number of rotatable bonds is 5. The highest BCUT2D eigenvalue weighted by molar-refractivity contribution is 8.00. The molecule has 5 nitrogen and oxygen atoms in total. The lowest BCUT2D eigenvalue weighted by atomic mass is 9.78. The van der Waals surface area contributed by atoms with Crippen molar-refractivity contribution in [2.75, 3.05) is 18.1 Å². The van der Waals surface area contributed by atoms with Crippen LogP contribution in [0.5, 0.6) is 0 Å². The molecule has 0 aromatic rings. The zero-order chi connectivity index (χ0) is 14.5. The minimum atomic E-state index is -1.00. The molecule has 6 heteroatoms. The maximum Gasteiger partial charge on any atom is 0.321 e. The number of nitrogens with two attached hydrogens (primary N) is 1. The molecular formula is C14H24N2O3S. The summed E-state index contributed by atoms with van der Waals surface area (Å²) in [4.78, 5) is 25.0. The molecule has 3 N–H and O–H groups in total. The largest absolute Gasteiger partial charge is 0.480 e. The van der Waals surface area contributed by atoms with E-state index in [1.165, 1.54) is 37.4 Å². The fourth-order valence-electron chi connectivity index (χ4n) is 3.36. The number of hydrogen-bond donors (Lipinski definition) is 2. The highest BCUT2D eigenvalue weighted by Crippen LogP contribution is 2.35. The molecule has 3 atom stereocenters. The van der Waals surface area contributed by atoms with Crippen LogP contribution >= 0.6 is 11.8 Å². The molecule has 0 aromatic carbocycles. The van der Waals surface area contributed by atoms with E-state index in [-0.39, 0.29) is 5.91 Å². The van der Waals surface area contributed by atoms with Gasteiger partial charge in [0.05, 0.1) is 5.75 Å². The van der Waals surface area contributed by atoms with Crippen molar-refractivity contribution in [2.45, 2.75) is 50.6 Å². The van der Waals surface area contributed by atoms with Gasteiger partial charge in [0.2, 0.25) is 5.91 Å². The van der Waals surface area contributed by atoms with Crippen LogP contribution in [0.2, 0.25) is 0 Å². The van der Waals surface area contributed by atoms with Crippen LogP contribution in [0.3, 0.4) is 0 Å². The summed E-state index contributed by atoms with van der Waals surface area (Å²) < 4.78 is 0. The third-order valence-corrected chi connectivity index (χ3v) is 5.45. The Labute approximate surface area is 124 Å². The van der Waals surface area contributed by atoms with Crippen molar-refractivity contribution in [3.63, 3.8) is 0 Å². The number of nitrogens with zero attached hydrogens (tertiary/aromatic N) is 1. The second-order valence-corrected chi connectivity index (χ2v) is 6.83. The smallest absolute Gasteiger partial charge is 0.321 e. The molecule has 20 heavy (non-hydrogen) atoms. The fraction of sp³-hybridized carbons (Fsp3) is 0.857. The fourth-order valence-corrected chi connectivity index (χ4v) is 4.22. The number of carbonyl (C=O) groups excluding carboxylic acids is 1. The van der Waals surface area contributed by atoms with Crippen molar-refractivity contribution < 1.29 is 14.7 Å². The topological polar surface area (TPSA) is 83.6 Å². The number of hydrogen-bond acceptors (Lipinski definition) is 4. The SMILES string of the molecule is NC(CSCC(=O)N1CCCC2CCCCC21)C(=O)O. The summed E-state index contributed by atoms with van der Waals surface area (Å²) in [7, 11) is 0. The second-order valence-electron chi connectivity index (χ2n) is 5.80. The first kappa shape index (κ1) is 15.6. The van der Waals surface area contributed by atoms with Crippen molar-refractivity contribution in [1.82, 2.24) is 4.90 Å². The quantitative estimate of drug-likeness (QED) is 0.800. The Hall–Kier alpha value is -0.750. The van der Waals surface area contributed by atoms with Crippen LogP contribution in [0.25, 0.3) is 0 Å². The van der Waals surface area contributed by atoms with Gasteiger partial charge in [0, 0.05) is 18.3 Å². The van der Waals surface area contributed by atoms with Gasteiger partial charge in [-0.15, -0.1) is 11.8 Å². The third-order valence-electron chi connectivity index (χ3n) is 4.40. The van der Waals surface area contributed by atoms with Gasteiger partial charge in [-0.25, -0.2) is 0 Å². The van der Waals surface area contributed by atoms with Crippen molar-refractivity contribution in [1.29, 1.82) is 0 Å². The van der Waals surface area contributed by atoms with E-state index in [2.05, 4.69) is 0 Å². The predicted molar refractivity (Wildman–Crippen MR) is 79.6 cm³/mol. The van der Waals surface area contributed by atoms with Crippen LogP contribution in [0.15, 0.2) is 0 Å². The highest BCUT2D eigenvalue weighted by Gasteiger charge is 2.35. The predicted octanol–water partition coefficient (Wildman–Crippen LogP) is 1.31. The molecule has 2 fully saturated rings. The van der Waals surface area contributed by atoms with E-state index in [1.807, 2.05) is 4.90 Å². The van der Waals surface area contributed by atoms with Gasteiger partial charge < -0.3 is 15.7 Å². The van der Waals surface area contributed by atoms with Crippen molar-refractivity contribution in [3.05, 3.63) is 0 Å². The average molecular weight is 300 g/mol. The Balaban J connectivity index is 1.80. The highest BCUT2D eigenvalue weighted by atomic mass is 32.2. The van der Waals surface area contributed by atoms with Crippen LogP contribution in [-0.4, -0.2) is 52.0 Å². The van der Waals surface area contributed by atoms with Crippen molar-refractivity contribution in [2.24, 2.45) is 11.7 Å². The summed E-state index contributed by atoms with van der Waals surface area (Å²) in [6, 6.07) is -0.449. The van der Waals surface area contributed by atoms with Gasteiger partial charge >= 0.3 is 5.97 Å². The lowest BCUT2D eigenvalue weighted by Gasteiger charge is -2.44. The second kappa shape index (κ2) is 7.31. The van der Waals surface area contributed by atoms with Gasteiger partial charge in [-0.3, -0.25) is 9.59 Å². The molecule has 0 spiro atoms. The Kier molecular flexibility index (Phi) is 5.72. The van der Waals surface area contributed by atoms with E-state index in [0.717, 1.165) is 19.4 Å². The molecule has 3 unspecified atom stereocenters. The molecular weight excluding hydrogens is 276 g/mol. The minimum absolute atomic E-state index is 0.157. The maximum atomic E-state index is 12.3. The number of fused-ring (bicyclic) bond motifs is 1. The van der Waals surface area contributed by atoms with Gasteiger partial charge in [0.1, 0.15) is 6.04 Å². The number of piperidine rings is 1. The number of carboxylic acids is 1. The minimum Gasteiger partial charge on any atom is -0.480 e. The van der Waals surface area contributed by atoms with E-state index in [0.29, 0.717) is 23.5 Å². The molecule has 1 saturated carbocycles. The molecule has 2 rings (SSSR count). The molecule has 2 aliphatic rings. The number of likely N-dealkylation sites (tertiary alicyclic amines) is 1. The lowest BCUT2D eigenvalue weighted by Crippen LogP contribution is -2.50. The number of amides is 1. The van der Waals surface area contributed by atoms with Crippen LogP contribution in [0.1, 0.15) is 38.5 Å². The van der Waals surface area contributed by atoms with E-state index in [1.54, 1.807) is 0 Å². The summed E-state index contributed by atoms with van der Waals surface area (Å²) in [6.45, 7) is 0.867. The van der Waals surface area contributed by atoms with E-state index < -0.39 is 12.0 Å². The molecule has 114 valence electrons. The molecule has 1 aliphatic carbocycles. The van der Waals surface area contributed by atoms with Crippen LogP contribution in [-0.2, 0) is 9.59 Å². The first-order chi connectivity index (χ1) is 9.59. The van der Waals surface area contributed by atoms with Gasteiger partial charge in [0.25, 0.3) is 0 Å². The van der Waals surface area contributed by atoms with E-state index in [4.69, 9.17) is 10.8 Å². The molecule has 0 aromatic heterocycles. The van der Waals surface area contributed by atoms with Crippen molar-refractivity contribution in [3.8, 4) is 0 Å². The Morgan fingerprint density at radius 3 is 2.70 bits per heavy atom. The molecule has 0 radical (unpaired) electrons. The Morgan fingerprint density at radius 1 is 1.25 bits per heavy atom. The van der Waals surface area contributed by atoms with Crippen LogP contribution < -0.4 is 5.73 Å². The third kappa shape index (κ3) is 3.88. The Bertz CT molecular complexity index is 362. The van der Waals surface area contributed by atoms with Gasteiger partial charge in [-0.05, 0) is 31.6 Å². The number of thioether (sulfide) groups is 1. The van der Waals surface area contributed by atoms with E-state index >= 15 is 0 Å². The standard InChI is InChI=1S/C14H24N2O3S/c15-11(14(18)19)8-20-9-13(17)16-7-3-5-10-4-1-2-6-12(10)16/h10-12H,1-9,15H2,(H,18,19). The molecule has 1 amide bonds. The van der Waals surface area contributed by atoms with Gasteiger partial charge in [0.15, 0.2) is 0 Å². The molecule has 0 bridgehead atoms. The van der Waals surface area contributed by atoms with Crippen molar-refractivity contribution >= 4 is 23.6 Å². The lowest BCUT2D eigenvalue weighted by molar-refractivity contribution is -0.138. The normalized spacial score (nSPS) is 27.8. The number of aliphatic carboxylic acids is 1. The Morgan fingerprint density at radius 2 is 1.95 bits per heavy atom. The van der Waals surface area contributed by atoms with Crippen LogP contribution in [0.4, 0.5) is 0 Å². The summed E-state index contributed by atoms with van der Waals surface area (Å²) in [5.74, 6) is 0.486. The summed E-state index contributed by atoms with van der Waals surface area (Å²) in [6.07, 6.45) is 7.27. The monoisotopic (exact) mass is 300 g/mol. The zero-order valence-electron chi connectivity index (χ0n) is 11.8. The van der Waals surface area contributed by atoms with Crippen LogP contribution in [0, 0.1) is 5.92 Å². The van der Waals surface area contributed by atoms with Gasteiger partial charge in [-0.2, -0.15) is 0 Å². The average Bonchev–Trinajstić information content (AvgIpc) is 2.46. The van der Waals surface area contributed by atoms with Gasteiger partial charge in [-0.1, -0.05) is 12.8 Å². The maximum absolute atomic E-state index is 12.3. The summed E-state index contributed by atoms with van der Waals surface area (Å²) >= 11 is 1.33. The van der Waals surface area contributed by atoms with E-state index in [9.17, 15) is 9.59 Å².